The van der Waals surface area contributed by atoms with Gasteiger partial charge in [0.25, 0.3) is 0 Å². The Morgan fingerprint density at radius 2 is 0.621 bits per heavy atom. The molecule has 0 fully saturated rings. The van der Waals surface area contributed by atoms with Crippen LogP contribution in [0.2, 0.25) is 0 Å². The number of fused-ring (bicyclic) bond motifs is 10. The maximum Gasteiger partial charge on any atom is 0.330 e. The monoisotopic (exact) mass is 1840 g/mol. The molecule has 132 heavy (non-hydrogen) atoms. The minimum Gasteiger partial charge on any atom is -0.478 e. The second kappa shape index (κ2) is 40.3. The first-order chi connectivity index (χ1) is 61.2. The summed E-state index contributed by atoms with van der Waals surface area (Å²) < 4.78 is 212. The molecule has 0 amide bonds. The van der Waals surface area contributed by atoms with E-state index in [1.165, 1.54) is 88.0 Å². The van der Waals surface area contributed by atoms with Crippen molar-refractivity contribution in [2.75, 3.05) is 40.4 Å². The molecule has 8 atom stereocenters. The molecule has 8 heterocycles. The highest BCUT2D eigenvalue weighted by atomic mass is 19.2. The van der Waals surface area contributed by atoms with E-state index in [-0.39, 0.29) is 110 Å². The van der Waals surface area contributed by atoms with Crippen molar-refractivity contribution < 1.29 is 110 Å². The zero-order chi connectivity index (χ0) is 94.2. The SMILES string of the molecule is C.C.CC1Cc2c(ccc3oncc23)C(c2c(F)cc(/C=C/C(=O)O)cc2F)N1CC(C)(C)F.CC1Cc2cc3oncc3cc2C(c2c(F)cc(/C=C/C(=O)O)cc2F)N1CC(C)(C)F.COC(=O)/C=C/c1cc(F)c(C2c3cc4cnoc4cc3CC(C)N2CC(C)(C)F)c(F)c1.COC(=O)/C=C/c1cc(F)c(C2c3ccc4oncc4c3CC(C)N2CC(C)(C)F)c(F)c1. The van der Waals surface area contributed by atoms with E-state index < -0.39 is 117 Å². The number of carbonyl (C=O) groups excluding carboxylic acids is 2. The Balaban J connectivity index is 0.000000169. The zero-order valence-electron chi connectivity index (χ0n) is 73.5. The summed E-state index contributed by atoms with van der Waals surface area (Å²) in [5.74, 6) is -10.1. The average Bonchev–Trinajstić information content (AvgIpc) is 1.28. The fraction of sp³-hybridized carbons (Fsp3) is 0.360. The van der Waals surface area contributed by atoms with E-state index in [1.54, 1.807) is 74.6 Å². The van der Waals surface area contributed by atoms with Gasteiger partial charge in [0, 0.05) is 118 Å². The Bertz CT molecular complexity index is 6110. The van der Waals surface area contributed by atoms with E-state index in [2.05, 4.69) is 30.1 Å². The summed E-state index contributed by atoms with van der Waals surface area (Å²) in [4.78, 5) is 51.4. The van der Waals surface area contributed by atoms with Crippen LogP contribution in [0.4, 0.5) is 52.7 Å². The molecule has 0 aliphatic carbocycles. The average molecular weight is 1840 g/mol. The van der Waals surface area contributed by atoms with Gasteiger partial charge in [0.15, 0.2) is 22.3 Å². The molecule has 8 aromatic carbocycles. The lowest BCUT2D eigenvalue weighted by atomic mass is 9.82. The van der Waals surface area contributed by atoms with Crippen LogP contribution in [0.25, 0.3) is 68.2 Å². The third kappa shape index (κ3) is 22.6. The smallest absolute Gasteiger partial charge is 0.330 e. The molecule has 16 rings (SSSR count). The molecule has 4 aliphatic heterocycles. The van der Waals surface area contributed by atoms with Crippen molar-refractivity contribution in [3.8, 4) is 0 Å². The molecule has 0 saturated heterocycles. The number of alkyl halides is 4. The quantitative estimate of drug-likeness (QED) is 0.0409. The van der Waals surface area contributed by atoms with E-state index in [0.29, 0.717) is 81.0 Å². The number of carboxylic acid groups (broad SMARTS) is 2. The lowest BCUT2D eigenvalue weighted by molar-refractivity contribution is -0.135. The number of carboxylic acids is 2. The van der Waals surface area contributed by atoms with Gasteiger partial charge in [-0.1, -0.05) is 47.6 Å². The van der Waals surface area contributed by atoms with Crippen molar-refractivity contribution in [1.82, 2.24) is 40.2 Å². The summed E-state index contributed by atoms with van der Waals surface area (Å²) >= 11 is 0. The van der Waals surface area contributed by atoms with Gasteiger partial charge in [0.2, 0.25) is 0 Å². The first kappa shape index (κ1) is 100. The van der Waals surface area contributed by atoms with Gasteiger partial charge >= 0.3 is 23.9 Å². The molecule has 8 unspecified atom stereocenters. The van der Waals surface area contributed by atoms with Crippen molar-refractivity contribution in [1.29, 1.82) is 0 Å². The second-order valence-corrected chi connectivity index (χ2v) is 35.6. The largest absolute Gasteiger partial charge is 0.478 e. The van der Waals surface area contributed by atoms with Crippen molar-refractivity contribution in [3.63, 3.8) is 0 Å². The van der Waals surface area contributed by atoms with Gasteiger partial charge in [-0.15, -0.1) is 0 Å². The number of nitrogens with zero attached hydrogens (tertiary/aromatic N) is 8. The van der Waals surface area contributed by atoms with Gasteiger partial charge in [-0.2, -0.15) is 0 Å². The van der Waals surface area contributed by atoms with Crippen LogP contribution in [0.3, 0.4) is 0 Å². The van der Waals surface area contributed by atoms with Crippen molar-refractivity contribution >= 4 is 92.1 Å². The van der Waals surface area contributed by atoms with Crippen LogP contribution >= 0.6 is 0 Å². The van der Waals surface area contributed by atoms with Crippen LogP contribution in [0.15, 0.2) is 164 Å². The van der Waals surface area contributed by atoms with Crippen LogP contribution in [-0.4, -0.2) is 162 Å². The Morgan fingerprint density at radius 3 is 0.886 bits per heavy atom. The molecule has 0 spiro atoms. The lowest BCUT2D eigenvalue weighted by Gasteiger charge is -2.44. The Kier molecular flexibility index (Phi) is 30.5. The summed E-state index contributed by atoms with van der Waals surface area (Å²) in [7, 11) is 2.43. The van der Waals surface area contributed by atoms with Gasteiger partial charge in [0.05, 0.1) is 63.2 Å². The molecular weight excluding hydrogens is 1730 g/mol. The number of hydrogen-bond acceptors (Lipinski definition) is 18. The maximum atomic E-state index is 15.4. The third-order valence-electron chi connectivity index (χ3n) is 23.2. The molecule has 12 aromatic rings. The van der Waals surface area contributed by atoms with Gasteiger partial charge < -0.3 is 37.8 Å². The summed E-state index contributed by atoms with van der Waals surface area (Å²) in [5, 5.41) is 35.8. The Morgan fingerprint density at radius 1 is 0.371 bits per heavy atom. The Labute approximate surface area is 755 Å². The molecule has 4 aliphatic rings. The predicted molar refractivity (Wildman–Crippen MR) is 478 cm³/mol. The number of methoxy groups -OCH3 is 2. The highest BCUT2D eigenvalue weighted by Crippen LogP contribution is 2.49. The molecule has 2 N–H and O–H groups in total. The number of halogens is 12. The lowest BCUT2D eigenvalue weighted by Crippen LogP contribution is -2.48. The number of hydrogen-bond donors (Lipinski definition) is 2. The van der Waals surface area contributed by atoms with E-state index in [0.717, 1.165) is 118 Å². The van der Waals surface area contributed by atoms with E-state index >= 15 is 35.1 Å². The molecular formula is C100H104F12N8O12. The normalized spacial score (nSPS) is 19.1. The molecule has 4 aromatic heterocycles. The number of rotatable bonds is 20. The van der Waals surface area contributed by atoms with Crippen LogP contribution in [0.1, 0.15) is 211 Å². The summed E-state index contributed by atoms with van der Waals surface area (Å²) in [6, 6.07) is 18.9. The molecule has 0 radical (unpaired) electrons. The predicted octanol–water partition coefficient (Wildman–Crippen LogP) is 22.6. The van der Waals surface area contributed by atoms with Crippen molar-refractivity contribution in [2.45, 2.75) is 195 Å². The minimum absolute atomic E-state index is 0. The highest BCUT2D eigenvalue weighted by Gasteiger charge is 2.46. The Hall–Kier alpha value is -12.5. The second-order valence-electron chi connectivity index (χ2n) is 35.6. The number of aromatic nitrogens is 4. The highest BCUT2D eigenvalue weighted by molar-refractivity contribution is 5.89. The fourth-order valence-electron chi connectivity index (χ4n) is 17.9. The fourth-order valence-corrected chi connectivity index (χ4v) is 17.9. The van der Waals surface area contributed by atoms with E-state index in [9.17, 15) is 36.7 Å². The first-order valence-corrected chi connectivity index (χ1v) is 41.8. The third-order valence-corrected chi connectivity index (χ3v) is 23.2. The standard InChI is InChI=1S/2C25H25F3N2O3.2C24H23F3N2O3.2CH4/c1-14-9-17-16(6-7-21-18(17)12-29-33-21)24(30(14)13-25(2,3)28)23-19(26)10-15(11-20(23)27)5-8-22(31)32-4;1-14-7-16-11-21-17(12-29-33-21)10-18(16)24(30(14)13-25(2,3)28)23-19(26)8-15(9-20(23)27)5-6-22(31)32-4;1-13-8-16-15(5-6-20-17(16)11-28-32-20)23(29(13)12-24(2,3)27)22-18(25)9-14(10-19(22)26)4-7-21(30)31;1-13-6-15-10-20-16(11-28-32-20)9-17(15)23(29(13)12-24(2,3)27)22-18(25)7-14(8-19(22)26)4-5-21(30)31;;/h5-8,10-12,14,24H,9,13H2,1-4H3;5-6,8-12,14,24H,7,13H2,1-4H3;4-7,9-11,13,23H,8,12H2,1-3H3,(H,30,31);4-5,7-11,13,23H,6,12H2,1-3H3,(H,30,31);2*1H4/b8-5+;6-5+;7-4+;5-4+;;. The first-order valence-electron chi connectivity index (χ1n) is 41.8. The molecule has 0 saturated carbocycles. The summed E-state index contributed by atoms with van der Waals surface area (Å²) in [5.41, 5.74) is 1.91. The number of esters is 2. The molecule has 20 nitrogen and oxygen atoms in total. The van der Waals surface area contributed by atoms with Gasteiger partial charge in [-0.25, -0.2) is 71.9 Å². The van der Waals surface area contributed by atoms with Crippen molar-refractivity contribution in [2.24, 2.45) is 0 Å². The molecule has 0 bridgehead atoms. The number of benzene rings is 8. The van der Waals surface area contributed by atoms with Crippen LogP contribution in [-0.2, 0) is 54.3 Å². The van der Waals surface area contributed by atoms with Crippen LogP contribution in [0.5, 0.6) is 0 Å². The zero-order valence-corrected chi connectivity index (χ0v) is 73.5. The maximum absolute atomic E-state index is 15.4. The summed E-state index contributed by atoms with van der Waals surface area (Å²) in [6.07, 6.45) is 17.1. The summed E-state index contributed by atoms with van der Waals surface area (Å²) in [6.45, 7) is 19.1. The van der Waals surface area contributed by atoms with Crippen LogP contribution in [0, 0.1) is 46.5 Å². The number of aliphatic carboxylic acids is 2. The van der Waals surface area contributed by atoms with Crippen LogP contribution < -0.4 is 0 Å². The molecule has 700 valence electrons. The van der Waals surface area contributed by atoms with E-state index in [1.807, 2.05) is 39.8 Å². The topological polar surface area (TPSA) is 244 Å². The number of ether oxygens (including phenoxy) is 2. The minimum atomic E-state index is -1.59. The number of carbonyl (C=O) groups is 4. The van der Waals surface area contributed by atoms with Gasteiger partial charge in [0.1, 0.15) is 69.2 Å². The van der Waals surface area contributed by atoms with Gasteiger partial charge in [-0.05, 0) is 285 Å². The molecule has 32 heteroatoms. The van der Waals surface area contributed by atoms with Gasteiger partial charge in [-0.3, -0.25) is 19.6 Å². The van der Waals surface area contributed by atoms with Crippen molar-refractivity contribution in [3.05, 3.63) is 282 Å². The van der Waals surface area contributed by atoms with E-state index in [4.69, 9.17) is 28.3 Å².